The van der Waals surface area contributed by atoms with E-state index in [9.17, 15) is 5.11 Å². The minimum Gasteiger partial charge on any atom is -0.389 e. The zero-order chi connectivity index (χ0) is 8.44. The summed E-state index contributed by atoms with van der Waals surface area (Å²) in [7, 11) is 0. The fraction of sp³-hybridized carbons (Fsp3) is 1.00. The van der Waals surface area contributed by atoms with Crippen LogP contribution in [0.1, 0.15) is 25.7 Å². The van der Waals surface area contributed by atoms with Crippen LogP contribution in [-0.4, -0.2) is 34.8 Å². The first-order valence-electron chi connectivity index (χ1n) is 4.82. The Hall–Kier alpha value is 0.270. The fourth-order valence-electron chi connectivity index (χ4n) is 1.79. The molecule has 12 heavy (non-hydrogen) atoms. The van der Waals surface area contributed by atoms with Gasteiger partial charge in [0.25, 0.3) is 0 Å². The highest BCUT2D eigenvalue weighted by Gasteiger charge is 2.34. The number of rotatable bonds is 3. The van der Waals surface area contributed by atoms with E-state index in [-0.39, 0.29) is 5.60 Å². The summed E-state index contributed by atoms with van der Waals surface area (Å²) in [6.45, 7) is 0.818. The summed E-state index contributed by atoms with van der Waals surface area (Å²) in [5.41, 5.74) is -0.340. The van der Waals surface area contributed by atoms with Gasteiger partial charge in [0.05, 0.1) is 5.60 Å². The number of nitrogens with one attached hydrogen (secondary N) is 1. The smallest absolute Gasteiger partial charge is 0.0771 e. The maximum absolute atomic E-state index is 9.80. The minimum atomic E-state index is -0.340. The zero-order valence-corrected chi connectivity index (χ0v) is 8.20. The Morgan fingerprint density at radius 3 is 2.83 bits per heavy atom. The number of hydrogen-bond acceptors (Lipinski definition) is 3. The molecule has 1 aliphatic heterocycles. The molecule has 3 heteroatoms. The summed E-state index contributed by atoms with van der Waals surface area (Å²) >= 11 is 2.01. The summed E-state index contributed by atoms with van der Waals surface area (Å²) in [5.74, 6) is 2.52. The molecule has 1 atom stereocenters. The molecule has 0 radical (unpaired) electrons. The van der Waals surface area contributed by atoms with E-state index in [1.54, 1.807) is 0 Å². The van der Waals surface area contributed by atoms with Gasteiger partial charge in [-0.3, -0.25) is 0 Å². The monoisotopic (exact) mass is 187 g/mol. The Morgan fingerprint density at radius 2 is 2.33 bits per heavy atom. The molecule has 0 aromatic rings. The molecule has 0 aromatic carbocycles. The number of thioether (sulfide) groups is 1. The second-order valence-electron chi connectivity index (χ2n) is 4.02. The van der Waals surface area contributed by atoms with Crippen molar-refractivity contribution in [2.45, 2.75) is 37.3 Å². The van der Waals surface area contributed by atoms with Crippen molar-refractivity contribution in [2.75, 3.05) is 18.1 Å². The van der Waals surface area contributed by atoms with E-state index in [1.807, 2.05) is 11.8 Å². The van der Waals surface area contributed by atoms with Crippen molar-refractivity contribution in [2.24, 2.45) is 0 Å². The van der Waals surface area contributed by atoms with Gasteiger partial charge in [-0.25, -0.2) is 0 Å². The summed E-state index contributed by atoms with van der Waals surface area (Å²) in [4.78, 5) is 0. The largest absolute Gasteiger partial charge is 0.389 e. The first-order valence-corrected chi connectivity index (χ1v) is 5.98. The molecule has 2 aliphatic rings. The average Bonchev–Trinajstić information content (AvgIpc) is 2.49. The van der Waals surface area contributed by atoms with Gasteiger partial charge in [-0.2, -0.15) is 11.8 Å². The molecule has 2 rings (SSSR count). The SMILES string of the molecule is OC1(CNC2CCSC2)CCC1. The van der Waals surface area contributed by atoms with Crippen LogP contribution in [0.5, 0.6) is 0 Å². The van der Waals surface area contributed by atoms with Crippen molar-refractivity contribution in [3.63, 3.8) is 0 Å². The van der Waals surface area contributed by atoms with Gasteiger partial charge in [0, 0.05) is 18.3 Å². The number of aliphatic hydroxyl groups is 1. The molecule has 2 fully saturated rings. The van der Waals surface area contributed by atoms with Crippen LogP contribution in [0.2, 0.25) is 0 Å². The Balaban J connectivity index is 1.67. The van der Waals surface area contributed by atoms with Crippen molar-refractivity contribution in [3.05, 3.63) is 0 Å². The van der Waals surface area contributed by atoms with Gasteiger partial charge < -0.3 is 10.4 Å². The fourth-order valence-corrected chi connectivity index (χ4v) is 2.98. The molecule has 1 heterocycles. The van der Waals surface area contributed by atoms with Gasteiger partial charge >= 0.3 is 0 Å². The molecule has 0 amide bonds. The van der Waals surface area contributed by atoms with E-state index < -0.39 is 0 Å². The predicted molar refractivity (Wildman–Crippen MR) is 52.5 cm³/mol. The van der Waals surface area contributed by atoms with Crippen molar-refractivity contribution in [3.8, 4) is 0 Å². The predicted octanol–water partition coefficient (Wildman–Crippen LogP) is 0.996. The summed E-state index contributed by atoms with van der Waals surface area (Å²) in [6, 6.07) is 0.666. The van der Waals surface area contributed by atoms with Gasteiger partial charge in [0.15, 0.2) is 0 Å². The third kappa shape index (κ3) is 1.95. The first kappa shape index (κ1) is 8.85. The molecule has 0 spiro atoms. The van der Waals surface area contributed by atoms with Crippen molar-refractivity contribution >= 4 is 11.8 Å². The van der Waals surface area contributed by atoms with Crippen LogP contribution in [0.15, 0.2) is 0 Å². The molecule has 1 saturated carbocycles. The average molecular weight is 187 g/mol. The second kappa shape index (κ2) is 3.56. The van der Waals surface area contributed by atoms with Crippen molar-refractivity contribution in [1.82, 2.24) is 5.32 Å². The Bertz CT molecular complexity index is 153. The van der Waals surface area contributed by atoms with Gasteiger partial charge in [-0.15, -0.1) is 0 Å². The summed E-state index contributed by atoms with van der Waals surface area (Å²) < 4.78 is 0. The van der Waals surface area contributed by atoms with E-state index in [1.165, 1.54) is 24.3 Å². The lowest BCUT2D eigenvalue weighted by molar-refractivity contribution is -0.0327. The molecule has 2 nitrogen and oxygen atoms in total. The Morgan fingerprint density at radius 1 is 1.50 bits per heavy atom. The van der Waals surface area contributed by atoms with Crippen LogP contribution in [0.3, 0.4) is 0 Å². The van der Waals surface area contributed by atoms with Gasteiger partial charge in [0.2, 0.25) is 0 Å². The Kier molecular flexibility index (Phi) is 2.63. The van der Waals surface area contributed by atoms with Crippen LogP contribution in [-0.2, 0) is 0 Å². The lowest BCUT2D eigenvalue weighted by atomic mass is 9.80. The molecule has 70 valence electrons. The lowest BCUT2D eigenvalue weighted by Crippen LogP contribution is -2.48. The molecular weight excluding hydrogens is 170 g/mol. The van der Waals surface area contributed by atoms with Crippen LogP contribution < -0.4 is 5.32 Å². The molecular formula is C9H17NOS. The van der Waals surface area contributed by atoms with E-state index in [2.05, 4.69) is 5.32 Å². The standard InChI is InChI=1S/C9H17NOS/c11-9(3-1-4-9)7-10-8-2-5-12-6-8/h8,10-11H,1-7H2. The van der Waals surface area contributed by atoms with Gasteiger partial charge in [-0.1, -0.05) is 0 Å². The highest BCUT2D eigenvalue weighted by molar-refractivity contribution is 7.99. The maximum Gasteiger partial charge on any atom is 0.0771 e. The topological polar surface area (TPSA) is 32.3 Å². The summed E-state index contributed by atoms with van der Waals surface area (Å²) in [5, 5.41) is 13.3. The third-order valence-electron chi connectivity index (χ3n) is 2.93. The molecule has 0 aromatic heterocycles. The van der Waals surface area contributed by atoms with Crippen LogP contribution >= 0.6 is 11.8 Å². The molecule has 1 saturated heterocycles. The quantitative estimate of drug-likeness (QED) is 0.691. The van der Waals surface area contributed by atoms with E-state index in [0.29, 0.717) is 6.04 Å². The minimum absolute atomic E-state index is 0.340. The number of hydrogen-bond donors (Lipinski definition) is 2. The molecule has 1 aliphatic carbocycles. The Labute approximate surface area is 78.1 Å². The maximum atomic E-state index is 9.80. The molecule has 0 bridgehead atoms. The van der Waals surface area contributed by atoms with E-state index in [4.69, 9.17) is 0 Å². The third-order valence-corrected chi connectivity index (χ3v) is 4.10. The van der Waals surface area contributed by atoms with Crippen LogP contribution in [0, 0.1) is 0 Å². The van der Waals surface area contributed by atoms with E-state index >= 15 is 0 Å². The lowest BCUT2D eigenvalue weighted by Gasteiger charge is -2.37. The van der Waals surface area contributed by atoms with Gasteiger partial charge in [0.1, 0.15) is 0 Å². The van der Waals surface area contributed by atoms with E-state index in [0.717, 1.165) is 19.4 Å². The second-order valence-corrected chi connectivity index (χ2v) is 5.17. The zero-order valence-electron chi connectivity index (χ0n) is 7.38. The highest BCUT2D eigenvalue weighted by Crippen LogP contribution is 2.31. The van der Waals surface area contributed by atoms with Crippen LogP contribution in [0.25, 0.3) is 0 Å². The van der Waals surface area contributed by atoms with Crippen LogP contribution in [0.4, 0.5) is 0 Å². The van der Waals surface area contributed by atoms with Crippen molar-refractivity contribution < 1.29 is 5.11 Å². The van der Waals surface area contributed by atoms with Crippen molar-refractivity contribution in [1.29, 1.82) is 0 Å². The highest BCUT2D eigenvalue weighted by atomic mass is 32.2. The normalized spacial score (nSPS) is 33.2. The first-order chi connectivity index (χ1) is 5.79. The van der Waals surface area contributed by atoms with Gasteiger partial charge in [-0.05, 0) is 31.4 Å². The molecule has 2 N–H and O–H groups in total. The summed E-state index contributed by atoms with van der Waals surface area (Å²) in [6.07, 6.45) is 4.48. The molecule has 1 unspecified atom stereocenters.